The highest BCUT2D eigenvalue weighted by Gasteiger charge is 2.38. The summed E-state index contributed by atoms with van der Waals surface area (Å²) in [4.78, 5) is 17.9. The summed E-state index contributed by atoms with van der Waals surface area (Å²) in [7, 11) is 0. The molecular formula is C25H38ClN5O2. The molecule has 2 aliphatic rings. The number of halogens is 1. The third kappa shape index (κ3) is 5.62. The van der Waals surface area contributed by atoms with Crippen molar-refractivity contribution < 1.29 is 9.32 Å². The molecule has 0 radical (unpaired) electrons. The first-order valence-electron chi connectivity index (χ1n) is 12.4. The van der Waals surface area contributed by atoms with Crippen LogP contribution in [0.3, 0.4) is 0 Å². The number of carbonyl (C=O) groups excluding carboxylic acids is 1. The SMILES string of the molecule is CCn1nc(-c2ccon2)c(CC(=O)N2CCC3(CCN(CCC(C)(C)C)CC3)CC2)c1Cl. The number of hydrogen-bond donors (Lipinski definition) is 0. The minimum Gasteiger partial charge on any atom is -0.364 e. The van der Waals surface area contributed by atoms with E-state index in [9.17, 15) is 4.79 Å². The van der Waals surface area contributed by atoms with E-state index in [0.717, 1.165) is 31.5 Å². The van der Waals surface area contributed by atoms with E-state index >= 15 is 0 Å². The quantitative estimate of drug-likeness (QED) is 0.594. The van der Waals surface area contributed by atoms with Crippen LogP contribution in [0.25, 0.3) is 11.4 Å². The fraction of sp³-hybridized carbons (Fsp3) is 0.720. The normalized spacial score (nSPS) is 19.4. The molecule has 2 fully saturated rings. The molecular weight excluding hydrogens is 438 g/mol. The van der Waals surface area contributed by atoms with Crippen molar-refractivity contribution in [1.29, 1.82) is 0 Å². The van der Waals surface area contributed by atoms with Gasteiger partial charge in [0.1, 0.15) is 22.8 Å². The molecule has 2 aliphatic heterocycles. The van der Waals surface area contributed by atoms with Gasteiger partial charge in [0.25, 0.3) is 0 Å². The fourth-order valence-corrected chi connectivity index (χ4v) is 5.44. The van der Waals surface area contributed by atoms with Gasteiger partial charge in [0.05, 0.1) is 6.42 Å². The predicted molar refractivity (Wildman–Crippen MR) is 130 cm³/mol. The van der Waals surface area contributed by atoms with Crippen LogP contribution in [0.5, 0.6) is 0 Å². The van der Waals surface area contributed by atoms with E-state index in [1.54, 1.807) is 10.7 Å². The molecule has 0 saturated carbocycles. The Morgan fingerprint density at radius 3 is 2.39 bits per heavy atom. The molecule has 0 aliphatic carbocycles. The Balaban J connectivity index is 1.33. The lowest BCUT2D eigenvalue weighted by Gasteiger charge is -2.47. The minimum atomic E-state index is 0.120. The molecule has 4 heterocycles. The van der Waals surface area contributed by atoms with Crippen molar-refractivity contribution in [2.75, 3.05) is 32.7 Å². The van der Waals surface area contributed by atoms with Crippen LogP contribution in [0.4, 0.5) is 0 Å². The number of amides is 1. The Morgan fingerprint density at radius 2 is 1.82 bits per heavy atom. The number of nitrogens with zero attached hydrogens (tertiary/aromatic N) is 5. The first-order valence-corrected chi connectivity index (χ1v) is 12.7. The predicted octanol–water partition coefficient (Wildman–Crippen LogP) is 4.89. The van der Waals surface area contributed by atoms with Crippen LogP contribution in [-0.2, 0) is 17.8 Å². The van der Waals surface area contributed by atoms with Crippen molar-refractivity contribution in [3.05, 3.63) is 23.0 Å². The van der Waals surface area contributed by atoms with E-state index in [4.69, 9.17) is 16.1 Å². The number of rotatable bonds is 6. The summed E-state index contributed by atoms with van der Waals surface area (Å²) in [5.74, 6) is 0.120. The molecule has 0 aromatic carbocycles. The van der Waals surface area contributed by atoms with Gasteiger partial charge in [-0.1, -0.05) is 37.5 Å². The van der Waals surface area contributed by atoms with Crippen LogP contribution in [0.15, 0.2) is 16.9 Å². The summed E-state index contributed by atoms with van der Waals surface area (Å²) in [6.07, 6.45) is 7.71. The molecule has 4 rings (SSSR count). The second kappa shape index (κ2) is 9.79. The average Bonchev–Trinajstić information content (AvgIpc) is 3.42. The van der Waals surface area contributed by atoms with E-state index in [2.05, 4.69) is 35.9 Å². The molecule has 0 bridgehead atoms. The third-order valence-electron chi connectivity index (χ3n) is 7.56. The number of carbonyl (C=O) groups is 1. The molecule has 2 aromatic rings. The Morgan fingerprint density at radius 1 is 1.15 bits per heavy atom. The van der Waals surface area contributed by atoms with Crippen LogP contribution < -0.4 is 0 Å². The van der Waals surface area contributed by atoms with Gasteiger partial charge in [-0.3, -0.25) is 9.48 Å². The highest BCUT2D eigenvalue weighted by Crippen LogP contribution is 2.41. The zero-order valence-corrected chi connectivity index (χ0v) is 21.3. The topological polar surface area (TPSA) is 67.4 Å². The van der Waals surface area contributed by atoms with Crippen molar-refractivity contribution >= 4 is 17.5 Å². The van der Waals surface area contributed by atoms with E-state index in [0.29, 0.717) is 33.9 Å². The van der Waals surface area contributed by atoms with Crippen molar-refractivity contribution in [3.8, 4) is 11.4 Å². The minimum absolute atomic E-state index is 0.120. The number of aryl methyl sites for hydroxylation is 1. The number of likely N-dealkylation sites (tertiary alicyclic amines) is 2. The maximum atomic E-state index is 13.2. The van der Waals surface area contributed by atoms with Crippen LogP contribution >= 0.6 is 11.6 Å². The van der Waals surface area contributed by atoms with Gasteiger partial charge in [-0.2, -0.15) is 5.10 Å². The largest absolute Gasteiger partial charge is 0.364 e. The molecule has 33 heavy (non-hydrogen) atoms. The van der Waals surface area contributed by atoms with E-state index in [-0.39, 0.29) is 12.3 Å². The Bertz CT molecular complexity index is 929. The molecule has 1 spiro atoms. The maximum absolute atomic E-state index is 13.2. The van der Waals surface area contributed by atoms with Gasteiger partial charge in [-0.05, 0) is 69.5 Å². The van der Waals surface area contributed by atoms with Crippen LogP contribution in [0, 0.1) is 10.8 Å². The van der Waals surface area contributed by atoms with Crippen molar-refractivity contribution in [3.63, 3.8) is 0 Å². The molecule has 8 heteroatoms. The van der Waals surface area contributed by atoms with Crippen molar-refractivity contribution in [2.24, 2.45) is 10.8 Å². The average molecular weight is 476 g/mol. The second-order valence-corrected chi connectivity index (χ2v) is 11.4. The van der Waals surface area contributed by atoms with Gasteiger partial charge < -0.3 is 14.3 Å². The molecule has 182 valence electrons. The van der Waals surface area contributed by atoms with Crippen LogP contribution in [-0.4, -0.2) is 63.4 Å². The lowest BCUT2D eigenvalue weighted by molar-refractivity contribution is -0.133. The molecule has 0 atom stereocenters. The summed E-state index contributed by atoms with van der Waals surface area (Å²) < 4.78 is 6.70. The summed E-state index contributed by atoms with van der Waals surface area (Å²) in [5.41, 5.74) is 2.80. The van der Waals surface area contributed by atoms with Crippen LogP contribution in [0.2, 0.25) is 5.15 Å². The first kappa shape index (κ1) is 24.3. The van der Waals surface area contributed by atoms with Gasteiger partial charge in [0, 0.05) is 31.3 Å². The fourth-order valence-electron chi connectivity index (χ4n) is 5.12. The Hall–Kier alpha value is -1.86. The lowest BCUT2D eigenvalue weighted by atomic mass is 9.71. The zero-order valence-electron chi connectivity index (χ0n) is 20.6. The Kier molecular flexibility index (Phi) is 7.20. The van der Waals surface area contributed by atoms with Crippen molar-refractivity contribution in [1.82, 2.24) is 24.7 Å². The maximum Gasteiger partial charge on any atom is 0.227 e. The molecule has 2 aromatic heterocycles. The third-order valence-corrected chi connectivity index (χ3v) is 7.98. The van der Waals surface area contributed by atoms with E-state index < -0.39 is 0 Å². The summed E-state index contributed by atoms with van der Waals surface area (Å²) in [6, 6.07) is 1.76. The second-order valence-electron chi connectivity index (χ2n) is 11.0. The lowest BCUT2D eigenvalue weighted by Crippen LogP contribution is -2.48. The molecule has 2 saturated heterocycles. The zero-order chi connectivity index (χ0) is 23.6. The molecule has 7 nitrogen and oxygen atoms in total. The van der Waals surface area contributed by atoms with Crippen LogP contribution in [0.1, 0.15) is 65.4 Å². The first-order chi connectivity index (χ1) is 15.7. The number of piperidine rings is 2. The van der Waals surface area contributed by atoms with Gasteiger partial charge in [0.15, 0.2) is 0 Å². The van der Waals surface area contributed by atoms with E-state index in [1.807, 2.05) is 11.8 Å². The van der Waals surface area contributed by atoms with E-state index in [1.165, 1.54) is 45.2 Å². The molecule has 0 N–H and O–H groups in total. The summed E-state index contributed by atoms with van der Waals surface area (Å²) >= 11 is 6.58. The smallest absolute Gasteiger partial charge is 0.227 e. The monoisotopic (exact) mass is 475 g/mol. The molecule has 0 unspecified atom stereocenters. The molecule has 1 amide bonds. The number of aromatic nitrogens is 3. The number of hydrogen-bond acceptors (Lipinski definition) is 5. The standard InChI is InChI=1S/C25H38ClN5O2/c1-5-31-23(26)19(22(27-31)20-6-17-33-28-20)18-21(32)30-15-10-25(11-16-30)8-13-29(14-9-25)12-7-24(2,3)4/h6,17H,5,7-16,18H2,1-4H3. The van der Waals surface area contributed by atoms with Gasteiger partial charge in [-0.15, -0.1) is 0 Å². The van der Waals surface area contributed by atoms with Gasteiger partial charge >= 0.3 is 0 Å². The van der Waals surface area contributed by atoms with Crippen molar-refractivity contribution in [2.45, 2.75) is 72.8 Å². The summed E-state index contributed by atoms with van der Waals surface area (Å²) in [6.45, 7) is 14.8. The van der Waals surface area contributed by atoms with Gasteiger partial charge in [0.2, 0.25) is 5.91 Å². The summed E-state index contributed by atoms with van der Waals surface area (Å²) in [5, 5.41) is 9.08. The van der Waals surface area contributed by atoms with Gasteiger partial charge in [-0.25, -0.2) is 0 Å². The highest BCUT2D eigenvalue weighted by molar-refractivity contribution is 6.31. The Labute approximate surface area is 202 Å². The highest BCUT2D eigenvalue weighted by atomic mass is 35.5.